The van der Waals surface area contributed by atoms with Crippen LogP contribution in [-0.2, 0) is 11.2 Å². The zero-order chi connectivity index (χ0) is 22.9. The number of fused-ring (bicyclic) bond motifs is 2. The van der Waals surface area contributed by atoms with Crippen molar-refractivity contribution in [3.8, 4) is 17.1 Å². The van der Waals surface area contributed by atoms with Gasteiger partial charge in [0.25, 0.3) is 0 Å². The van der Waals surface area contributed by atoms with Gasteiger partial charge in [-0.3, -0.25) is 9.36 Å². The molecule has 2 aromatic heterocycles. The standard InChI is InChI=1S/C27H23N5OS/c33-25(31-16-8-10-19-9-4-7-15-24(19)31)18-34-27-30-29-26(32(27)20-11-2-1-3-12-20)22-17-28-23-14-6-5-13-21(22)23/h1-7,9,11-15,17,28H,8,10,16,18H2. The average Bonchev–Trinajstić information content (AvgIpc) is 3.51. The predicted molar refractivity (Wildman–Crippen MR) is 136 cm³/mol. The summed E-state index contributed by atoms with van der Waals surface area (Å²) < 4.78 is 2.04. The van der Waals surface area contributed by atoms with Crippen LogP contribution in [0.2, 0.25) is 0 Å². The summed E-state index contributed by atoms with van der Waals surface area (Å²) in [7, 11) is 0. The summed E-state index contributed by atoms with van der Waals surface area (Å²) in [6.45, 7) is 0.752. The molecule has 3 heterocycles. The van der Waals surface area contributed by atoms with E-state index in [1.807, 2.05) is 82.4 Å². The summed E-state index contributed by atoms with van der Waals surface area (Å²) in [4.78, 5) is 18.5. The fourth-order valence-corrected chi connectivity index (χ4v) is 5.43. The second kappa shape index (κ2) is 8.83. The zero-order valence-corrected chi connectivity index (χ0v) is 19.3. The first-order valence-electron chi connectivity index (χ1n) is 11.4. The third-order valence-electron chi connectivity index (χ3n) is 6.21. The topological polar surface area (TPSA) is 66.8 Å². The monoisotopic (exact) mass is 465 g/mol. The highest BCUT2D eigenvalue weighted by Crippen LogP contribution is 2.33. The summed E-state index contributed by atoms with van der Waals surface area (Å²) in [5.74, 6) is 1.14. The lowest BCUT2D eigenvalue weighted by Gasteiger charge is -2.29. The van der Waals surface area contributed by atoms with E-state index in [2.05, 4.69) is 27.3 Å². The Morgan fingerprint density at radius 1 is 0.941 bits per heavy atom. The van der Waals surface area contributed by atoms with Crippen molar-refractivity contribution in [2.75, 3.05) is 17.2 Å². The molecule has 1 amide bonds. The van der Waals surface area contributed by atoms with Gasteiger partial charge in [-0.25, -0.2) is 0 Å². The number of amides is 1. The fourth-order valence-electron chi connectivity index (χ4n) is 4.60. The van der Waals surface area contributed by atoms with Crippen molar-refractivity contribution in [1.82, 2.24) is 19.7 Å². The van der Waals surface area contributed by atoms with Crippen molar-refractivity contribution in [2.45, 2.75) is 18.0 Å². The fraction of sp³-hybridized carbons (Fsp3) is 0.148. The number of aromatic amines is 1. The van der Waals surface area contributed by atoms with Crippen LogP contribution in [-0.4, -0.2) is 38.0 Å². The van der Waals surface area contributed by atoms with Gasteiger partial charge in [-0.1, -0.05) is 66.4 Å². The highest BCUT2D eigenvalue weighted by Gasteiger charge is 2.24. The first kappa shape index (κ1) is 20.7. The third kappa shape index (κ3) is 3.68. The maximum atomic E-state index is 13.2. The van der Waals surface area contributed by atoms with Crippen LogP contribution in [0, 0.1) is 0 Å². The Labute approximate surface area is 201 Å². The Morgan fingerprint density at radius 3 is 2.65 bits per heavy atom. The van der Waals surface area contributed by atoms with E-state index in [9.17, 15) is 4.79 Å². The molecule has 0 saturated carbocycles. The summed E-state index contributed by atoms with van der Waals surface area (Å²) >= 11 is 1.43. The zero-order valence-electron chi connectivity index (χ0n) is 18.5. The number of hydrogen-bond acceptors (Lipinski definition) is 4. The van der Waals surface area contributed by atoms with E-state index in [0.29, 0.717) is 10.9 Å². The molecule has 1 aliphatic rings. The van der Waals surface area contributed by atoms with E-state index < -0.39 is 0 Å². The van der Waals surface area contributed by atoms with Crippen LogP contribution in [0.3, 0.4) is 0 Å². The van der Waals surface area contributed by atoms with Gasteiger partial charge in [-0.15, -0.1) is 10.2 Å². The number of aryl methyl sites for hydroxylation is 1. The average molecular weight is 466 g/mol. The number of anilines is 1. The molecule has 34 heavy (non-hydrogen) atoms. The van der Waals surface area contributed by atoms with Gasteiger partial charge in [0.15, 0.2) is 11.0 Å². The number of rotatable bonds is 5. The van der Waals surface area contributed by atoms with Gasteiger partial charge in [-0.2, -0.15) is 0 Å². The highest BCUT2D eigenvalue weighted by atomic mass is 32.2. The van der Waals surface area contributed by atoms with E-state index in [1.54, 1.807) is 0 Å². The predicted octanol–water partition coefficient (Wildman–Crippen LogP) is 5.49. The van der Waals surface area contributed by atoms with Crippen LogP contribution in [0.5, 0.6) is 0 Å². The lowest BCUT2D eigenvalue weighted by Crippen LogP contribution is -2.36. The van der Waals surface area contributed by atoms with Gasteiger partial charge in [0, 0.05) is 40.6 Å². The second-order valence-corrected chi connectivity index (χ2v) is 9.23. The number of para-hydroxylation sites is 3. The molecule has 0 saturated heterocycles. The normalized spacial score (nSPS) is 13.2. The molecule has 5 aromatic rings. The number of nitrogens with zero attached hydrogens (tertiary/aromatic N) is 4. The molecule has 0 unspecified atom stereocenters. The van der Waals surface area contributed by atoms with Crippen LogP contribution < -0.4 is 4.90 Å². The van der Waals surface area contributed by atoms with E-state index in [1.165, 1.54) is 17.3 Å². The molecule has 0 bridgehead atoms. The maximum Gasteiger partial charge on any atom is 0.237 e. The number of carbonyl (C=O) groups is 1. The minimum atomic E-state index is 0.0911. The molecule has 0 spiro atoms. The molecular formula is C27H23N5OS. The maximum absolute atomic E-state index is 13.2. The SMILES string of the molecule is O=C(CSc1nnc(-c2c[nH]c3ccccc23)n1-c1ccccc1)N1CCCc2ccccc21. The molecule has 0 aliphatic carbocycles. The van der Waals surface area contributed by atoms with Gasteiger partial charge in [0.05, 0.1) is 5.75 Å². The summed E-state index contributed by atoms with van der Waals surface area (Å²) in [5, 5.41) is 10.9. The Balaban J connectivity index is 1.34. The molecule has 3 aromatic carbocycles. The van der Waals surface area contributed by atoms with Crippen molar-refractivity contribution < 1.29 is 4.79 Å². The number of H-pyrrole nitrogens is 1. The number of thioether (sulfide) groups is 1. The van der Waals surface area contributed by atoms with E-state index in [-0.39, 0.29) is 5.91 Å². The lowest BCUT2D eigenvalue weighted by molar-refractivity contribution is -0.116. The molecular weight excluding hydrogens is 442 g/mol. The van der Waals surface area contributed by atoms with Gasteiger partial charge < -0.3 is 9.88 Å². The van der Waals surface area contributed by atoms with Gasteiger partial charge in [0.1, 0.15) is 0 Å². The summed E-state index contributed by atoms with van der Waals surface area (Å²) in [5.41, 5.74) is 5.26. The Hall–Kier alpha value is -3.84. The number of benzene rings is 3. The van der Waals surface area contributed by atoms with Crippen LogP contribution in [0.15, 0.2) is 90.2 Å². The number of hydrogen-bond donors (Lipinski definition) is 1. The van der Waals surface area contributed by atoms with Crippen molar-refractivity contribution in [3.05, 3.63) is 90.6 Å². The largest absolute Gasteiger partial charge is 0.360 e. The summed E-state index contributed by atoms with van der Waals surface area (Å²) in [6, 6.07) is 26.4. The first-order valence-corrected chi connectivity index (χ1v) is 12.4. The van der Waals surface area contributed by atoms with Gasteiger partial charge >= 0.3 is 0 Å². The van der Waals surface area contributed by atoms with E-state index >= 15 is 0 Å². The van der Waals surface area contributed by atoms with Crippen LogP contribution in [0.25, 0.3) is 28.0 Å². The van der Waals surface area contributed by atoms with Crippen LogP contribution in [0.1, 0.15) is 12.0 Å². The van der Waals surface area contributed by atoms with Gasteiger partial charge in [0.2, 0.25) is 5.91 Å². The lowest BCUT2D eigenvalue weighted by atomic mass is 10.0. The molecule has 0 atom stereocenters. The molecule has 6 nitrogen and oxygen atoms in total. The molecule has 168 valence electrons. The molecule has 0 radical (unpaired) electrons. The number of carbonyl (C=O) groups excluding carboxylic acids is 1. The quantitative estimate of drug-likeness (QED) is 0.349. The minimum absolute atomic E-state index is 0.0911. The molecule has 0 fully saturated rings. The van der Waals surface area contributed by atoms with Gasteiger partial charge in [-0.05, 0) is 42.7 Å². The Bertz CT molecular complexity index is 1470. The number of aromatic nitrogens is 4. The van der Waals surface area contributed by atoms with Crippen molar-refractivity contribution in [1.29, 1.82) is 0 Å². The highest BCUT2D eigenvalue weighted by molar-refractivity contribution is 7.99. The molecule has 6 rings (SSSR count). The molecule has 1 N–H and O–H groups in total. The van der Waals surface area contributed by atoms with Crippen molar-refractivity contribution in [3.63, 3.8) is 0 Å². The smallest absolute Gasteiger partial charge is 0.237 e. The van der Waals surface area contributed by atoms with E-state index in [4.69, 9.17) is 0 Å². The Morgan fingerprint density at radius 2 is 1.74 bits per heavy atom. The van der Waals surface area contributed by atoms with Crippen LogP contribution in [0.4, 0.5) is 5.69 Å². The van der Waals surface area contributed by atoms with Crippen molar-refractivity contribution >= 4 is 34.3 Å². The summed E-state index contributed by atoms with van der Waals surface area (Å²) in [6.07, 6.45) is 3.97. The van der Waals surface area contributed by atoms with Crippen LogP contribution >= 0.6 is 11.8 Å². The molecule has 7 heteroatoms. The van der Waals surface area contributed by atoms with Crippen molar-refractivity contribution in [2.24, 2.45) is 0 Å². The number of nitrogens with one attached hydrogen (secondary N) is 1. The minimum Gasteiger partial charge on any atom is -0.360 e. The first-order chi connectivity index (χ1) is 16.8. The van der Waals surface area contributed by atoms with E-state index in [0.717, 1.165) is 53.1 Å². The molecule has 1 aliphatic heterocycles. The Kier molecular flexibility index (Phi) is 5.39. The third-order valence-corrected chi connectivity index (χ3v) is 7.13. The second-order valence-electron chi connectivity index (χ2n) is 8.29.